The highest BCUT2D eigenvalue weighted by atomic mass is 79.9. The Morgan fingerprint density at radius 1 is 1.30 bits per heavy atom. The molecule has 3 aromatic rings. The molecule has 0 aliphatic heterocycles. The molecule has 0 atom stereocenters. The van der Waals surface area contributed by atoms with Gasteiger partial charge in [-0.15, -0.1) is 0 Å². The van der Waals surface area contributed by atoms with Crippen molar-refractivity contribution in [2.45, 2.75) is 19.8 Å². The van der Waals surface area contributed by atoms with E-state index in [4.69, 9.17) is 17.0 Å². The molecule has 0 aliphatic rings. The maximum atomic E-state index is 10.0. The predicted molar refractivity (Wildman–Crippen MR) is 111 cm³/mol. The molecule has 6 nitrogen and oxygen atoms in total. The molecule has 0 amide bonds. The number of rotatable bonds is 7. The predicted octanol–water partition coefficient (Wildman–Crippen LogP) is 4.47. The van der Waals surface area contributed by atoms with Gasteiger partial charge in [0, 0.05) is 6.42 Å². The van der Waals surface area contributed by atoms with Crippen LogP contribution < -0.4 is 4.74 Å². The lowest BCUT2D eigenvalue weighted by Crippen LogP contribution is -2.02. The number of nitrogens with one attached hydrogen (secondary N) is 1. The van der Waals surface area contributed by atoms with E-state index in [-0.39, 0.29) is 5.75 Å². The summed E-state index contributed by atoms with van der Waals surface area (Å²) in [6.45, 7) is 2.31. The van der Waals surface area contributed by atoms with Crippen molar-refractivity contribution in [2.24, 2.45) is 5.10 Å². The zero-order valence-electron chi connectivity index (χ0n) is 14.7. The summed E-state index contributed by atoms with van der Waals surface area (Å²) in [6, 6.07) is 13.7. The van der Waals surface area contributed by atoms with E-state index in [2.05, 4.69) is 43.4 Å². The average Bonchev–Trinajstić information content (AvgIpc) is 3.03. The van der Waals surface area contributed by atoms with Gasteiger partial charge in [-0.1, -0.05) is 30.3 Å². The van der Waals surface area contributed by atoms with Gasteiger partial charge in [-0.25, -0.2) is 0 Å². The maximum Gasteiger partial charge on any atom is 0.216 e. The van der Waals surface area contributed by atoms with Crippen LogP contribution in [-0.4, -0.2) is 32.8 Å². The highest BCUT2D eigenvalue weighted by Gasteiger charge is 2.09. The second-order valence-electron chi connectivity index (χ2n) is 5.77. The van der Waals surface area contributed by atoms with Crippen LogP contribution in [0.4, 0.5) is 0 Å². The highest BCUT2D eigenvalue weighted by molar-refractivity contribution is 9.10. The van der Waals surface area contributed by atoms with Crippen molar-refractivity contribution >= 4 is 34.4 Å². The van der Waals surface area contributed by atoms with Gasteiger partial charge in [0.1, 0.15) is 0 Å². The van der Waals surface area contributed by atoms with Crippen LogP contribution in [0.3, 0.4) is 0 Å². The molecule has 140 valence electrons. The third-order valence-electron chi connectivity index (χ3n) is 3.87. The van der Waals surface area contributed by atoms with Crippen molar-refractivity contribution in [1.29, 1.82) is 0 Å². The van der Waals surface area contributed by atoms with Crippen LogP contribution in [0.2, 0.25) is 0 Å². The number of aromatic amines is 1. The Balaban J connectivity index is 1.81. The number of benzene rings is 2. The van der Waals surface area contributed by atoms with E-state index in [1.807, 2.05) is 25.1 Å². The number of halogens is 1. The van der Waals surface area contributed by atoms with E-state index < -0.39 is 0 Å². The summed E-state index contributed by atoms with van der Waals surface area (Å²) >= 11 is 8.62. The van der Waals surface area contributed by atoms with Crippen LogP contribution in [-0.2, 0) is 12.8 Å². The quantitative estimate of drug-likeness (QED) is 0.414. The molecule has 0 aliphatic carbocycles. The SMILES string of the molecule is CCOc1cc(/C=N\n2c(CCc3ccccc3)n[nH]c2=S)cc(Br)c1O. The zero-order valence-corrected chi connectivity index (χ0v) is 17.1. The highest BCUT2D eigenvalue weighted by Crippen LogP contribution is 2.35. The Morgan fingerprint density at radius 2 is 2.07 bits per heavy atom. The molecule has 3 rings (SSSR count). The van der Waals surface area contributed by atoms with Gasteiger partial charge in [0.2, 0.25) is 4.77 Å². The number of aryl methyl sites for hydroxylation is 2. The first-order valence-electron chi connectivity index (χ1n) is 8.48. The fourth-order valence-corrected chi connectivity index (χ4v) is 3.22. The van der Waals surface area contributed by atoms with Gasteiger partial charge in [0.25, 0.3) is 0 Å². The number of hydrogen-bond donors (Lipinski definition) is 2. The van der Waals surface area contributed by atoms with E-state index in [1.165, 1.54) is 5.56 Å². The molecule has 0 spiro atoms. The zero-order chi connectivity index (χ0) is 19.2. The number of nitrogens with zero attached hydrogens (tertiary/aromatic N) is 3. The van der Waals surface area contributed by atoms with Crippen molar-refractivity contribution < 1.29 is 9.84 Å². The number of aromatic nitrogens is 3. The van der Waals surface area contributed by atoms with E-state index in [0.717, 1.165) is 17.8 Å². The van der Waals surface area contributed by atoms with E-state index in [1.54, 1.807) is 23.0 Å². The molecule has 0 bridgehead atoms. The summed E-state index contributed by atoms with van der Waals surface area (Å²) in [4.78, 5) is 0. The van der Waals surface area contributed by atoms with Crippen molar-refractivity contribution in [3.8, 4) is 11.5 Å². The first kappa shape index (κ1) is 19.3. The second kappa shape index (κ2) is 8.96. The van der Waals surface area contributed by atoms with Crippen LogP contribution in [0.5, 0.6) is 11.5 Å². The Bertz CT molecular complexity index is 999. The summed E-state index contributed by atoms with van der Waals surface area (Å²) in [5.41, 5.74) is 1.99. The monoisotopic (exact) mass is 446 g/mol. The molecular weight excluding hydrogens is 428 g/mol. The molecule has 1 aromatic heterocycles. The van der Waals surface area contributed by atoms with Crippen LogP contribution in [0.15, 0.2) is 52.0 Å². The Hall–Kier alpha value is -2.45. The Labute approximate surface area is 170 Å². The van der Waals surface area contributed by atoms with Crippen molar-refractivity contribution in [1.82, 2.24) is 14.9 Å². The number of phenolic OH excluding ortho intramolecular Hbond substituents is 1. The smallest absolute Gasteiger partial charge is 0.216 e. The number of H-pyrrole nitrogens is 1. The number of phenols is 1. The number of aromatic hydroxyl groups is 1. The minimum Gasteiger partial charge on any atom is -0.503 e. The minimum absolute atomic E-state index is 0.0671. The summed E-state index contributed by atoms with van der Waals surface area (Å²) in [6.07, 6.45) is 3.21. The normalized spacial score (nSPS) is 11.2. The van der Waals surface area contributed by atoms with Gasteiger partial charge < -0.3 is 9.84 Å². The lowest BCUT2D eigenvalue weighted by atomic mass is 10.1. The molecular formula is C19H19BrN4O2S. The number of hydrogen-bond acceptors (Lipinski definition) is 5. The molecule has 2 aromatic carbocycles. The van der Waals surface area contributed by atoms with E-state index >= 15 is 0 Å². The third kappa shape index (κ3) is 4.84. The summed E-state index contributed by atoms with van der Waals surface area (Å²) < 4.78 is 8.02. The number of ether oxygens (including phenoxy) is 1. The van der Waals surface area contributed by atoms with Gasteiger partial charge in [0.15, 0.2) is 17.3 Å². The summed E-state index contributed by atoms with van der Waals surface area (Å²) in [5, 5.41) is 21.5. The second-order valence-corrected chi connectivity index (χ2v) is 7.01. The Kier molecular flexibility index (Phi) is 6.41. The lowest BCUT2D eigenvalue weighted by Gasteiger charge is -2.08. The standard InChI is InChI=1S/C19H19BrN4O2S/c1-2-26-16-11-14(10-15(20)18(16)25)12-21-24-17(22-23-19(24)27)9-8-13-6-4-3-5-7-13/h3-7,10-12,25H,2,8-9H2,1H3,(H,23,27)/b21-12-. The topological polar surface area (TPSA) is 75.4 Å². The Morgan fingerprint density at radius 3 is 2.81 bits per heavy atom. The minimum atomic E-state index is 0.0671. The van der Waals surface area contributed by atoms with Gasteiger partial charge >= 0.3 is 0 Å². The fourth-order valence-electron chi connectivity index (χ4n) is 2.56. The largest absolute Gasteiger partial charge is 0.503 e. The lowest BCUT2D eigenvalue weighted by molar-refractivity contribution is 0.317. The maximum absolute atomic E-state index is 10.0. The van der Waals surface area contributed by atoms with Crippen LogP contribution in [0, 0.1) is 4.77 Å². The van der Waals surface area contributed by atoms with Crippen molar-refractivity contribution in [3.63, 3.8) is 0 Å². The fraction of sp³-hybridized carbons (Fsp3) is 0.211. The van der Waals surface area contributed by atoms with Crippen LogP contribution in [0.1, 0.15) is 23.9 Å². The molecule has 27 heavy (non-hydrogen) atoms. The first-order chi connectivity index (χ1) is 13.1. The van der Waals surface area contributed by atoms with E-state index in [9.17, 15) is 5.11 Å². The third-order valence-corrected chi connectivity index (χ3v) is 4.74. The van der Waals surface area contributed by atoms with Gasteiger partial charge in [0.05, 0.1) is 17.3 Å². The van der Waals surface area contributed by atoms with Gasteiger partial charge in [-0.3, -0.25) is 5.10 Å². The molecule has 0 saturated carbocycles. The first-order valence-corrected chi connectivity index (χ1v) is 9.68. The molecule has 1 heterocycles. The molecule has 2 N–H and O–H groups in total. The molecule has 0 fully saturated rings. The van der Waals surface area contributed by atoms with E-state index in [0.29, 0.717) is 28.0 Å². The van der Waals surface area contributed by atoms with Crippen molar-refractivity contribution in [2.75, 3.05) is 6.61 Å². The van der Waals surface area contributed by atoms with Gasteiger partial charge in [-0.2, -0.15) is 14.9 Å². The molecule has 0 unspecified atom stereocenters. The van der Waals surface area contributed by atoms with Crippen LogP contribution in [0.25, 0.3) is 0 Å². The molecule has 0 radical (unpaired) electrons. The van der Waals surface area contributed by atoms with Crippen molar-refractivity contribution in [3.05, 3.63) is 68.7 Å². The summed E-state index contributed by atoms with van der Waals surface area (Å²) in [5.74, 6) is 1.22. The molecule has 0 saturated heterocycles. The molecule has 8 heteroatoms. The average molecular weight is 447 g/mol. The van der Waals surface area contributed by atoms with Gasteiger partial charge in [-0.05, 0) is 64.8 Å². The van der Waals surface area contributed by atoms with Crippen LogP contribution >= 0.6 is 28.1 Å². The summed E-state index contributed by atoms with van der Waals surface area (Å²) in [7, 11) is 0.